The van der Waals surface area contributed by atoms with Crippen LogP contribution < -0.4 is 4.90 Å². The maximum Gasteiger partial charge on any atom is 0.288 e. The first-order chi connectivity index (χ1) is 10.1. The molecule has 0 N–H and O–H groups in total. The van der Waals surface area contributed by atoms with Crippen LogP contribution in [-0.2, 0) is 0 Å². The first-order valence-corrected chi connectivity index (χ1v) is 7.54. The lowest BCUT2D eigenvalue weighted by atomic mass is 10.2. The highest BCUT2D eigenvalue weighted by molar-refractivity contribution is 9.10. The molecule has 7 nitrogen and oxygen atoms in total. The minimum absolute atomic E-state index is 0.0280. The van der Waals surface area contributed by atoms with E-state index in [1.807, 2.05) is 6.92 Å². The second-order valence-corrected chi connectivity index (χ2v) is 5.69. The molecule has 1 aliphatic rings. The van der Waals surface area contributed by atoms with Gasteiger partial charge in [0, 0.05) is 32.2 Å². The van der Waals surface area contributed by atoms with Gasteiger partial charge >= 0.3 is 0 Å². The van der Waals surface area contributed by atoms with Gasteiger partial charge in [0.25, 0.3) is 5.69 Å². The number of aromatic nitrogens is 1. The van der Waals surface area contributed by atoms with Crippen molar-refractivity contribution < 1.29 is 4.92 Å². The average molecular weight is 354 g/mol. The zero-order valence-electron chi connectivity index (χ0n) is 11.7. The number of anilines is 1. The van der Waals surface area contributed by atoms with Gasteiger partial charge in [0.05, 0.1) is 21.5 Å². The highest BCUT2D eigenvalue weighted by atomic mass is 79.9. The van der Waals surface area contributed by atoms with E-state index < -0.39 is 4.92 Å². The van der Waals surface area contributed by atoms with Gasteiger partial charge in [-0.1, -0.05) is 6.92 Å². The summed E-state index contributed by atoms with van der Waals surface area (Å²) in [6.45, 7) is 5.09. The van der Waals surface area contributed by atoms with Crippen LogP contribution in [0.5, 0.6) is 0 Å². The van der Waals surface area contributed by atoms with Gasteiger partial charge in [0.2, 0.25) is 0 Å². The molecular formula is C13H16BrN5O2. The predicted molar refractivity (Wildman–Crippen MR) is 82.1 cm³/mol. The highest BCUT2D eigenvalue weighted by Crippen LogP contribution is 2.28. The van der Waals surface area contributed by atoms with Crippen molar-refractivity contribution in [2.75, 3.05) is 31.1 Å². The lowest BCUT2D eigenvalue weighted by Crippen LogP contribution is -2.50. The SMILES string of the molecule is CCC(C#N)N1CCN(c2ncc([N+](=O)[O-])cc2Br)CC1. The normalized spacial score (nSPS) is 17.3. The predicted octanol–water partition coefficient (Wildman–Crippen LogP) is 2.18. The summed E-state index contributed by atoms with van der Waals surface area (Å²) in [5, 5.41) is 19.8. The van der Waals surface area contributed by atoms with Crippen LogP contribution in [0.2, 0.25) is 0 Å². The van der Waals surface area contributed by atoms with Gasteiger partial charge in [-0.05, 0) is 22.4 Å². The van der Waals surface area contributed by atoms with Crippen molar-refractivity contribution in [1.29, 1.82) is 5.26 Å². The topological polar surface area (TPSA) is 86.3 Å². The second-order valence-electron chi connectivity index (χ2n) is 4.83. The molecule has 0 saturated carbocycles. The molecule has 21 heavy (non-hydrogen) atoms. The Morgan fingerprint density at radius 2 is 2.19 bits per heavy atom. The Morgan fingerprint density at radius 3 is 2.67 bits per heavy atom. The maximum atomic E-state index is 10.7. The summed E-state index contributed by atoms with van der Waals surface area (Å²) in [5.41, 5.74) is -0.0280. The van der Waals surface area contributed by atoms with Crippen molar-refractivity contribution >= 4 is 27.4 Å². The Labute approximate surface area is 131 Å². The van der Waals surface area contributed by atoms with Crippen LogP contribution in [0.4, 0.5) is 11.5 Å². The van der Waals surface area contributed by atoms with Crippen molar-refractivity contribution in [3.05, 3.63) is 26.9 Å². The van der Waals surface area contributed by atoms with Crippen LogP contribution in [0.25, 0.3) is 0 Å². The fraction of sp³-hybridized carbons (Fsp3) is 0.538. The Hall–Kier alpha value is -1.72. The van der Waals surface area contributed by atoms with Gasteiger partial charge in [-0.25, -0.2) is 4.98 Å². The molecule has 1 aromatic heterocycles. The molecule has 1 unspecified atom stereocenters. The van der Waals surface area contributed by atoms with Crippen LogP contribution in [0.3, 0.4) is 0 Å². The third kappa shape index (κ3) is 3.49. The molecule has 1 aliphatic heterocycles. The quantitative estimate of drug-likeness (QED) is 0.609. The third-order valence-corrected chi connectivity index (χ3v) is 4.19. The number of hydrogen-bond acceptors (Lipinski definition) is 6. The fourth-order valence-corrected chi connectivity index (χ4v) is 3.02. The molecule has 2 rings (SSSR count). The van der Waals surface area contributed by atoms with Crippen molar-refractivity contribution in [2.45, 2.75) is 19.4 Å². The molecule has 0 amide bonds. The number of piperazine rings is 1. The van der Waals surface area contributed by atoms with E-state index >= 15 is 0 Å². The minimum atomic E-state index is -0.460. The van der Waals surface area contributed by atoms with Crippen LogP contribution in [0, 0.1) is 21.4 Å². The van der Waals surface area contributed by atoms with Gasteiger partial charge in [0.15, 0.2) is 0 Å². The molecule has 8 heteroatoms. The van der Waals surface area contributed by atoms with E-state index in [1.165, 1.54) is 12.3 Å². The van der Waals surface area contributed by atoms with Crippen LogP contribution >= 0.6 is 15.9 Å². The fourth-order valence-electron chi connectivity index (χ4n) is 2.43. The summed E-state index contributed by atoms with van der Waals surface area (Å²) < 4.78 is 0.623. The first kappa shape index (κ1) is 15.7. The molecule has 0 radical (unpaired) electrons. The van der Waals surface area contributed by atoms with Crippen LogP contribution in [0.15, 0.2) is 16.7 Å². The number of nitrogens with zero attached hydrogens (tertiary/aromatic N) is 5. The Balaban J connectivity index is 2.06. The Bertz CT molecular complexity index is 566. The highest BCUT2D eigenvalue weighted by Gasteiger charge is 2.24. The maximum absolute atomic E-state index is 10.7. The molecule has 1 atom stereocenters. The number of hydrogen-bond donors (Lipinski definition) is 0. The van der Waals surface area contributed by atoms with E-state index in [9.17, 15) is 10.1 Å². The van der Waals surface area contributed by atoms with E-state index in [0.717, 1.165) is 32.6 Å². The lowest BCUT2D eigenvalue weighted by Gasteiger charge is -2.37. The second kappa shape index (κ2) is 6.83. The summed E-state index contributed by atoms with van der Waals surface area (Å²) in [6, 6.07) is 3.74. The summed E-state index contributed by atoms with van der Waals surface area (Å²) in [4.78, 5) is 18.7. The van der Waals surface area contributed by atoms with Gasteiger partial charge < -0.3 is 4.90 Å². The smallest absolute Gasteiger partial charge is 0.288 e. The van der Waals surface area contributed by atoms with Gasteiger partial charge in [-0.15, -0.1) is 0 Å². The largest absolute Gasteiger partial charge is 0.353 e. The monoisotopic (exact) mass is 353 g/mol. The standard InChI is InChI=1S/C13H16BrN5O2/c1-2-10(8-15)17-3-5-18(6-4-17)13-12(14)7-11(9-16-13)19(20)21/h7,9-10H,2-6H2,1H3. The number of halogens is 1. The van der Waals surface area contributed by atoms with E-state index in [4.69, 9.17) is 5.26 Å². The van der Waals surface area contributed by atoms with Crippen LogP contribution in [-0.4, -0.2) is 47.0 Å². The molecule has 1 fully saturated rings. The van der Waals surface area contributed by atoms with Crippen molar-refractivity contribution in [3.8, 4) is 6.07 Å². The molecule has 112 valence electrons. The first-order valence-electron chi connectivity index (χ1n) is 6.75. The molecule has 0 spiro atoms. The van der Waals surface area contributed by atoms with Crippen molar-refractivity contribution in [2.24, 2.45) is 0 Å². The number of pyridine rings is 1. The molecular weight excluding hydrogens is 338 g/mol. The number of rotatable bonds is 4. The molecule has 0 aromatic carbocycles. The molecule has 0 bridgehead atoms. The molecule has 1 aromatic rings. The zero-order valence-corrected chi connectivity index (χ0v) is 13.3. The Kier molecular flexibility index (Phi) is 5.09. The summed E-state index contributed by atoms with van der Waals surface area (Å²) in [7, 11) is 0. The van der Waals surface area contributed by atoms with Crippen LogP contribution in [0.1, 0.15) is 13.3 Å². The van der Waals surface area contributed by atoms with E-state index in [-0.39, 0.29) is 11.7 Å². The summed E-state index contributed by atoms with van der Waals surface area (Å²) >= 11 is 3.35. The van der Waals surface area contributed by atoms with E-state index in [0.29, 0.717) is 10.3 Å². The summed E-state index contributed by atoms with van der Waals surface area (Å²) in [5.74, 6) is 0.713. The minimum Gasteiger partial charge on any atom is -0.353 e. The summed E-state index contributed by atoms with van der Waals surface area (Å²) in [6.07, 6.45) is 2.09. The third-order valence-electron chi connectivity index (χ3n) is 3.61. The molecule has 2 heterocycles. The number of nitriles is 1. The number of nitro groups is 1. The zero-order chi connectivity index (χ0) is 15.4. The van der Waals surface area contributed by atoms with Crippen molar-refractivity contribution in [3.63, 3.8) is 0 Å². The van der Waals surface area contributed by atoms with Gasteiger partial charge in [-0.2, -0.15) is 5.26 Å². The van der Waals surface area contributed by atoms with Gasteiger partial charge in [0.1, 0.15) is 12.0 Å². The average Bonchev–Trinajstić information content (AvgIpc) is 2.49. The molecule has 1 saturated heterocycles. The van der Waals surface area contributed by atoms with E-state index in [1.54, 1.807) is 0 Å². The van der Waals surface area contributed by atoms with Crippen molar-refractivity contribution in [1.82, 2.24) is 9.88 Å². The molecule has 0 aliphatic carbocycles. The Morgan fingerprint density at radius 1 is 1.52 bits per heavy atom. The van der Waals surface area contributed by atoms with Gasteiger partial charge in [-0.3, -0.25) is 15.0 Å². The lowest BCUT2D eigenvalue weighted by molar-refractivity contribution is -0.385. The van der Waals surface area contributed by atoms with E-state index in [2.05, 4.69) is 36.8 Å².